The highest BCUT2D eigenvalue weighted by Crippen LogP contribution is 2.33. The number of nitrogens with zero attached hydrogens (tertiary/aromatic N) is 4. The summed E-state index contributed by atoms with van der Waals surface area (Å²) in [5.74, 6) is -0.0683. The topological polar surface area (TPSA) is 58.6 Å². The van der Waals surface area contributed by atoms with Gasteiger partial charge in [-0.3, -0.25) is 14.8 Å². The molecule has 0 unspecified atom stereocenters. The zero-order chi connectivity index (χ0) is 22.9. The van der Waals surface area contributed by atoms with Gasteiger partial charge in [-0.25, -0.2) is 4.39 Å². The molecule has 7 heteroatoms. The van der Waals surface area contributed by atoms with E-state index in [0.29, 0.717) is 35.9 Å². The zero-order valence-electron chi connectivity index (χ0n) is 18.0. The largest absolute Gasteiger partial charge is 0.496 e. The van der Waals surface area contributed by atoms with Crippen LogP contribution in [-0.4, -0.2) is 46.1 Å². The molecule has 0 radical (unpaired) electrons. The molecule has 1 saturated heterocycles. The van der Waals surface area contributed by atoms with Gasteiger partial charge in [0.1, 0.15) is 11.6 Å². The number of rotatable bonds is 5. The van der Waals surface area contributed by atoms with Crippen LogP contribution in [0.2, 0.25) is 0 Å². The first kappa shape index (κ1) is 20.6. The number of hydrogen-bond donors (Lipinski definition) is 0. The number of fused-ring (bicyclic) bond motifs is 1. The fraction of sp³-hybridized carbons (Fsp3) is 0.115. The van der Waals surface area contributed by atoms with E-state index >= 15 is 0 Å². The van der Waals surface area contributed by atoms with Crippen LogP contribution in [0.5, 0.6) is 5.75 Å². The second-order valence-corrected chi connectivity index (χ2v) is 7.80. The summed E-state index contributed by atoms with van der Waals surface area (Å²) in [5.41, 5.74) is 4.48. The highest BCUT2D eigenvalue weighted by atomic mass is 19.1. The predicted molar refractivity (Wildman–Crippen MR) is 125 cm³/mol. The van der Waals surface area contributed by atoms with E-state index in [1.807, 2.05) is 47.4 Å². The van der Waals surface area contributed by atoms with Crippen molar-refractivity contribution in [3.63, 3.8) is 0 Å². The number of halogens is 1. The number of hydrogen-bond acceptors (Lipinski definition) is 5. The molecule has 2 aromatic heterocycles. The summed E-state index contributed by atoms with van der Waals surface area (Å²) in [5, 5.41) is 1.04. The molecule has 0 atom stereocenters. The highest BCUT2D eigenvalue weighted by Gasteiger charge is 2.32. The number of pyridine rings is 2. The number of carbonyl (C=O) groups is 1. The molecule has 0 N–H and O–H groups in total. The molecule has 0 aliphatic carbocycles. The molecule has 1 fully saturated rings. The third-order valence-corrected chi connectivity index (χ3v) is 5.77. The monoisotopic (exact) mass is 440 g/mol. The summed E-state index contributed by atoms with van der Waals surface area (Å²) in [6, 6.07) is 16.9. The second kappa shape index (κ2) is 8.35. The van der Waals surface area contributed by atoms with Gasteiger partial charge >= 0.3 is 0 Å². The van der Waals surface area contributed by atoms with E-state index in [0.717, 1.165) is 28.2 Å². The number of ether oxygens (including phenoxy) is 1. The first-order valence-electron chi connectivity index (χ1n) is 10.4. The Morgan fingerprint density at radius 2 is 1.88 bits per heavy atom. The van der Waals surface area contributed by atoms with Gasteiger partial charge in [0.25, 0.3) is 5.91 Å². The summed E-state index contributed by atoms with van der Waals surface area (Å²) >= 11 is 0. The van der Waals surface area contributed by atoms with Gasteiger partial charge in [-0.15, -0.1) is 0 Å². The third kappa shape index (κ3) is 3.78. The number of amides is 1. The Kier molecular flexibility index (Phi) is 5.22. The van der Waals surface area contributed by atoms with E-state index in [4.69, 9.17) is 4.74 Å². The van der Waals surface area contributed by atoms with Crippen LogP contribution >= 0.6 is 0 Å². The molecule has 3 heterocycles. The van der Waals surface area contributed by atoms with Crippen LogP contribution < -0.4 is 4.74 Å². The van der Waals surface area contributed by atoms with Crippen LogP contribution in [0.1, 0.15) is 15.9 Å². The number of aromatic nitrogens is 2. The molecule has 0 spiro atoms. The van der Waals surface area contributed by atoms with Gasteiger partial charge in [-0.2, -0.15) is 0 Å². The minimum absolute atomic E-state index is 0.143. The van der Waals surface area contributed by atoms with E-state index in [2.05, 4.69) is 16.5 Å². The summed E-state index contributed by atoms with van der Waals surface area (Å²) in [6.07, 6.45) is 4.47. The minimum atomic E-state index is -0.423. The van der Waals surface area contributed by atoms with Crippen molar-refractivity contribution >= 4 is 22.5 Å². The van der Waals surface area contributed by atoms with Crippen LogP contribution in [-0.2, 0) is 0 Å². The van der Waals surface area contributed by atoms with Crippen molar-refractivity contribution < 1.29 is 13.9 Å². The van der Waals surface area contributed by atoms with Gasteiger partial charge in [0.2, 0.25) is 0 Å². The third-order valence-electron chi connectivity index (χ3n) is 5.77. The maximum atomic E-state index is 13.5. The number of methoxy groups -OCH3 is 1. The van der Waals surface area contributed by atoms with Crippen molar-refractivity contribution in [2.45, 2.75) is 0 Å². The maximum absolute atomic E-state index is 13.5. The second-order valence-electron chi connectivity index (χ2n) is 7.80. The molecule has 5 rings (SSSR count). The molecule has 33 heavy (non-hydrogen) atoms. The molecule has 2 aromatic carbocycles. The number of para-hydroxylation sites is 1. The van der Waals surface area contributed by atoms with E-state index in [-0.39, 0.29) is 5.91 Å². The van der Waals surface area contributed by atoms with Crippen molar-refractivity contribution in [1.82, 2.24) is 19.8 Å². The van der Waals surface area contributed by atoms with Crippen molar-refractivity contribution in [1.29, 1.82) is 0 Å². The molecule has 6 nitrogen and oxygen atoms in total. The zero-order valence-corrected chi connectivity index (χ0v) is 18.0. The lowest BCUT2D eigenvalue weighted by Gasteiger charge is -2.44. The fourth-order valence-corrected chi connectivity index (χ4v) is 3.97. The van der Waals surface area contributed by atoms with Gasteiger partial charge in [0.05, 0.1) is 37.7 Å². The molecule has 0 saturated carbocycles. The summed E-state index contributed by atoms with van der Waals surface area (Å²) in [4.78, 5) is 25.1. The lowest BCUT2D eigenvalue weighted by molar-refractivity contribution is 0.0169. The Balaban J connectivity index is 1.36. The minimum Gasteiger partial charge on any atom is -0.496 e. The quantitative estimate of drug-likeness (QED) is 0.447. The van der Waals surface area contributed by atoms with E-state index in [9.17, 15) is 9.18 Å². The maximum Gasteiger partial charge on any atom is 0.260 e. The normalized spacial score (nSPS) is 13.0. The van der Waals surface area contributed by atoms with Crippen LogP contribution in [0.15, 0.2) is 79.8 Å². The van der Waals surface area contributed by atoms with Crippen LogP contribution in [0, 0.1) is 5.82 Å². The van der Waals surface area contributed by atoms with E-state index in [1.54, 1.807) is 30.5 Å². The lowest BCUT2D eigenvalue weighted by atomic mass is 9.99. The summed E-state index contributed by atoms with van der Waals surface area (Å²) < 4.78 is 19.0. The Morgan fingerprint density at radius 1 is 1.06 bits per heavy atom. The van der Waals surface area contributed by atoms with Gasteiger partial charge in [-0.05, 0) is 29.8 Å². The molecular formula is C26H21FN4O2. The van der Waals surface area contributed by atoms with Crippen molar-refractivity contribution in [3.05, 3.63) is 96.7 Å². The molecule has 1 aliphatic heterocycles. The van der Waals surface area contributed by atoms with Crippen molar-refractivity contribution in [2.24, 2.45) is 0 Å². The van der Waals surface area contributed by atoms with Gasteiger partial charge in [-0.1, -0.05) is 36.9 Å². The highest BCUT2D eigenvalue weighted by molar-refractivity contribution is 5.99. The average Bonchev–Trinajstić information content (AvgIpc) is 2.82. The van der Waals surface area contributed by atoms with E-state index < -0.39 is 5.82 Å². The Bertz CT molecular complexity index is 1380. The smallest absolute Gasteiger partial charge is 0.260 e. The predicted octanol–water partition coefficient (Wildman–Crippen LogP) is 4.79. The lowest BCUT2D eigenvalue weighted by Crippen LogP contribution is -2.56. The van der Waals surface area contributed by atoms with E-state index in [1.165, 1.54) is 6.07 Å². The van der Waals surface area contributed by atoms with Crippen molar-refractivity contribution in [2.75, 3.05) is 20.4 Å². The fourth-order valence-electron chi connectivity index (χ4n) is 3.97. The Labute approximate surface area is 190 Å². The van der Waals surface area contributed by atoms with Crippen molar-refractivity contribution in [3.8, 4) is 16.9 Å². The SMILES string of the molecule is C=C(c1cncc(F)c1)N1CN(C(=O)c2ccc(-c3cccc4cccnc34)cc2OC)C1. The standard InChI is InChI=1S/C26H21FN4O2/c1-17(20-11-21(27)14-28-13-20)30-15-31(16-30)26(32)23-9-8-19(12-24(23)33-2)22-7-3-5-18-6-4-10-29-25(18)22/h3-14H,1,15-16H2,2H3. The molecular weight excluding hydrogens is 419 g/mol. The number of benzene rings is 2. The first-order valence-corrected chi connectivity index (χ1v) is 10.4. The average molecular weight is 440 g/mol. The Morgan fingerprint density at radius 3 is 2.67 bits per heavy atom. The molecule has 164 valence electrons. The van der Waals surface area contributed by atoms with Crippen LogP contribution in [0.25, 0.3) is 27.7 Å². The number of carbonyl (C=O) groups excluding carboxylic acids is 1. The van der Waals surface area contributed by atoms with Gasteiger partial charge in [0, 0.05) is 34.6 Å². The molecule has 1 aliphatic rings. The van der Waals surface area contributed by atoms with Crippen LogP contribution in [0.3, 0.4) is 0 Å². The Hall–Kier alpha value is -4.26. The summed E-state index contributed by atoms with van der Waals surface area (Å²) in [7, 11) is 1.55. The van der Waals surface area contributed by atoms with Crippen LogP contribution in [0.4, 0.5) is 4.39 Å². The first-order chi connectivity index (χ1) is 16.0. The summed E-state index contributed by atoms with van der Waals surface area (Å²) in [6.45, 7) is 4.72. The molecule has 4 aromatic rings. The molecule has 1 amide bonds. The van der Waals surface area contributed by atoms with Gasteiger partial charge < -0.3 is 14.5 Å². The van der Waals surface area contributed by atoms with Gasteiger partial charge in [0.15, 0.2) is 0 Å². The molecule has 0 bridgehead atoms.